The molecule has 1 aliphatic heterocycles. The highest BCUT2D eigenvalue weighted by atomic mass is 32.2. The van der Waals surface area contributed by atoms with Gasteiger partial charge in [0.15, 0.2) is 0 Å². The summed E-state index contributed by atoms with van der Waals surface area (Å²) in [5.41, 5.74) is 0. The van der Waals surface area contributed by atoms with E-state index in [4.69, 9.17) is 0 Å². The Balaban J connectivity index is 1.85. The van der Waals surface area contributed by atoms with Crippen molar-refractivity contribution in [1.82, 2.24) is 19.5 Å². The Hall–Kier alpha value is -1.51. The molecule has 0 aromatic carbocycles. The average molecular weight is 340 g/mol. The van der Waals surface area contributed by atoms with Crippen LogP contribution in [-0.2, 0) is 14.8 Å². The first kappa shape index (κ1) is 17.8. The van der Waals surface area contributed by atoms with Gasteiger partial charge < -0.3 is 10.2 Å². The van der Waals surface area contributed by atoms with Crippen molar-refractivity contribution < 1.29 is 13.2 Å². The van der Waals surface area contributed by atoms with Gasteiger partial charge in [0.1, 0.15) is 4.90 Å². The highest BCUT2D eigenvalue weighted by Gasteiger charge is 2.24. The molecule has 2 rings (SSSR count). The van der Waals surface area contributed by atoms with Crippen LogP contribution < -0.4 is 5.32 Å². The van der Waals surface area contributed by atoms with E-state index in [1.54, 1.807) is 6.07 Å². The fourth-order valence-electron chi connectivity index (χ4n) is 2.72. The lowest BCUT2D eigenvalue weighted by Gasteiger charge is -2.29. The van der Waals surface area contributed by atoms with Gasteiger partial charge in [0, 0.05) is 32.5 Å². The Morgan fingerprint density at radius 3 is 2.96 bits per heavy atom. The second-order valence-electron chi connectivity index (χ2n) is 6.02. The van der Waals surface area contributed by atoms with Crippen molar-refractivity contribution in [2.24, 2.45) is 5.92 Å². The summed E-state index contributed by atoms with van der Waals surface area (Å²) in [5, 5.41) is 2.84. The standard InChI is InChI=1S/C15H24N4O3S/c1-18-8-4-5-13(11-18)9-17-15(20)12-19(2)23(21,22)14-6-3-7-16-10-14/h3,6-7,10,13H,4-5,8-9,11-12H2,1-2H3,(H,17,20). The summed E-state index contributed by atoms with van der Waals surface area (Å²) in [4.78, 5) is 18.2. The maximum Gasteiger partial charge on any atom is 0.244 e. The third kappa shape index (κ3) is 4.98. The van der Waals surface area contributed by atoms with E-state index in [1.807, 2.05) is 0 Å². The van der Waals surface area contributed by atoms with Crippen LogP contribution in [0.5, 0.6) is 0 Å². The lowest BCUT2D eigenvalue weighted by molar-refractivity contribution is -0.121. The van der Waals surface area contributed by atoms with Crippen LogP contribution in [0, 0.1) is 5.92 Å². The van der Waals surface area contributed by atoms with Crippen molar-refractivity contribution in [3.8, 4) is 0 Å². The minimum atomic E-state index is -3.68. The van der Waals surface area contributed by atoms with Gasteiger partial charge >= 0.3 is 0 Å². The largest absolute Gasteiger partial charge is 0.355 e. The van der Waals surface area contributed by atoms with Crippen LogP contribution in [0.2, 0.25) is 0 Å². The van der Waals surface area contributed by atoms with Gasteiger partial charge in [0.25, 0.3) is 0 Å². The number of likely N-dealkylation sites (N-methyl/N-ethyl adjacent to an activating group) is 1. The molecule has 7 nitrogen and oxygen atoms in total. The van der Waals surface area contributed by atoms with Gasteiger partial charge in [-0.05, 0) is 44.5 Å². The summed E-state index contributed by atoms with van der Waals surface area (Å²) < 4.78 is 25.7. The summed E-state index contributed by atoms with van der Waals surface area (Å²) in [6.45, 7) is 2.45. The van der Waals surface area contributed by atoms with E-state index in [0.29, 0.717) is 12.5 Å². The molecule has 0 aliphatic carbocycles. The summed E-state index contributed by atoms with van der Waals surface area (Å²) in [7, 11) is -0.213. The molecule has 0 radical (unpaired) electrons. The number of pyridine rings is 1. The highest BCUT2D eigenvalue weighted by Crippen LogP contribution is 2.14. The molecule has 2 heterocycles. The average Bonchev–Trinajstić information content (AvgIpc) is 2.54. The Morgan fingerprint density at radius 1 is 1.52 bits per heavy atom. The van der Waals surface area contributed by atoms with Crippen molar-refractivity contribution in [1.29, 1.82) is 0 Å². The molecule has 1 saturated heterocycles. The number of rotatable bonds is 6. The first-order valence-electron chi connectivity index (χ1n) is 7.71. The van der Waals surface area contributed by atoms with E-state index in [-0.39, 0.29) is 17.3 Å². The number of hydrogen-bond donors (Lipinski definition) is 1. The van der Waals surface area contributed by atoms with Gasteiger partial charge in [0.05, 0.1) is 6.54 Å². The third-order valence-electron chi connectivity index (χ3n) is 4.02. The second-order valence-corrected chi connectivity index (χ2v) is 8.07. The predicted molar refractivity (Wildman–Crippen MR) is 87.3 cm³/mol. The number of amides is 1. The number of piperidine rings is 1. The zero-order valence-electron chi connectivity index (χ0n) is 13.6. The smallest absolute Gasteiger partial charge is 0.244 e. The summed E-state index contributed by atoms with van der Waals surface area (Å²) in [5.74, 6) is 0.145. The van der Waals surface area contributed by atoms with Gasteiger partial charge in [-0.15, -0.1) is 0 Å². The first-order chi connectivity index (χ1) is 10.9. The van der Waals surface area contributed by atoms with Crippen LogP contribution in [0.4, 0.5) is 0 Å². The minimum Gasteiger partial charge on any atom is -0.355 e. The topological polar surface area (TPSA) is 82.6 Å². The van der Waals surface area contributed by atoms with E-state index < -0.39 is 10.0 Å². The van der Waals surface area contributed by atoms with Crippen molar-refractivity contribution in [2.45, 2.75) is 17.7 Å². The van der Waals surface area contributed by atoms with Crippen LogP contribution in [-0.4, -0.2) is 68.8 Å². The molecule has 128 valence electrons. The molecule has 1 amide bonds. The van der Waals surface area contributed by atoms with Crippen LogP contribution in [0.1, 0.15) is 12.8 Å². The summed E-state index contributed by atoms with van der Waals surface area (Å²) in [6.07, 6.45) is 5.01. The van der Waals surface area contributed by atoms with Crippen LogP contribution in [0.15, 0.2) is 29.4 Å². The number of carbonyl (C=O) groups is 1. The molecule has 1 fully saturated rings. The van der Waals surface area contributed by atoms with Gasteiger partial charge in [-0.3, -0.25) is 9.78 Å². The number of sulfonamides is 1. The first-order valence-corrected chi connectivity index (χ1v) is 9.15. The Labute approximate surface area is 137 Å². The molecule has 1 atom stereocenters. The van der Waals surface area contributed by atoms with Crippen molar-refractivity contribution in [3.63, 3.8) is 0 Å². The molecule has 1 N–H and O–H groups in total. The molecule has 0 saturated carbocycles. The maximum absolute atomic E-state index is 12.3. The van der Waals surface area contributed by atoms with Gasteiger partial charge in [-0.1, -0.05) is 0 Å². The van der Waals surface area contributed by atoms with E-state index >= 15 is 0 Å². The van der Waals surface area contributed by atoms with Gasteiger partial charge in [0.2, 0.25) is 15.9 Å². The van der Waals surface area contributed by atoms with E-state index in [0.717, 1.165) is 30.2 Å². The van der Waals surface area contributed by atoms with Crippen molar-refractivity contribution >= 4 is 15.9 Å². The fourth-order valence-corrected chi connectivity index (χ4v) is 3.81. The van der Waals surface area contributed by atoms with Gasteiger partial charge in [-0.25, -0.2) is 8.42 Å². The number of aromatic nitrogens is 1. The molecule has 0 spiro atoms. The molecule has 1 aromatic rings. The lowest BCUT2D eigenvalue weighted by Crippen LogP contribution is -2.43. The maximum atomic E-state index is 12.3. The summed E-state index contributed by atoms with van der Waals surface area (Å²) >= 11 is 0. The number of nitrogens with one attached hydrogen (secondary N) is 1. The number of likely N-dealkylation sites (tertiary alicyclic amines) is 1. The SMILES string of the molecule is CN1CCCC(CNC(=O)CN(C)S(=O)(=O)c2cccnc2)C1. The predicted octanol–water partition coefficient (Wildman–Crippen LogP) is 0.160. The third-order valence-corrected chi connectivity index (χ3v) is 5.81. The number of nitrogens with zero attached hydrogens (tertiary/aromatic N) is 3. The molecule has 8 heteroatoms. The van der Waals surface area contributed by atoms with E-state index in [2.05, 4.69) is 22.2 Å². The van der Waals surface area contributed by atoms with Crippen molar-refractivity contribution in [2.75, 3.05) is 40.3 Å². The zero-order valence-corrected chi connectivity index (χ0v) is 14.4. The normalized spacial score (nSPS) is 19.7. The van der Waals surface area contributed by atoms with Crippen molar-refractivity contribution in [3.05, 3.63) is 24.5 Å². The highest BCUT2D eigenvalue weighted by molar-refractivity contribution is 7.89. The van der Waals surface area contributed by atoms with E-state index in [1.165, 1.54) is 25.5 Å². The Morgan fingerprint density at radius 2 is 2.30 bits per heavy atom. The van der Waals surface area contributed by atoms with E-state index in [9.17, 15) is 13.2 Å². The summed E-state index contributed by atoms with van der Waals surface area (Å²) in [6, 6.07) is 3.02. The number of carbonyl (C=O) groups excluding carboxylic acids is 1. The molecule has 23 heavy (non-hydrogen) atoms. The molecular weight excluding hydrogens is 316 g/mol. The Bertz CT molecular complexity index is 621. The molecule has 1 aliphatic rings. The minimum absolute atomic E-state index is 0.0872. The zero-order chi connectivity index (χ0) is 16.9. The fraction of sp³-hybridized carbons (Fsp3) is 0.600. The van der Waals surface area contributed by atoms with Gasteiger partial charge in [-0.2, -0.15) is 4.31 Å². The molecule has 1 unspecified atom stereocenters. The molecule has 1 aromatic heterocycles. The quantitative estimate of drug-likeness (QED) is 0.798. The lowest BCUT2D eigenvalue weighted by atomic mass is 9.98. The molecular formula is C15H24N4O3S. The van der Waals surface area contributed by atoms with Crippen LogP contribution in [0.3, 0.4) is 0 Å². The number of hydrogen-bond acceptors (Lipinski definition) is 5. The monoisotopic (exact) mass is 340 g/mol. The van der Waals surface area contributed by atoms with Crippen LogP contribution >= 0.6 is 0 Å². The molecule has 0 bridgehead atoms. The second kappa shape index (κ2) is 7.85. The van der Waals surface area contributed by atoms with Crippen LogP contribution in [0.25, 0.3) is 0 Å². The Kier molecular flexibility index (Phi) is 6.09.